The minimum Gasteiger partial charge on any atom is -0.550 e. The Kier molecular flexibility index (Phi) is 41.2. The Morgan fingerprint density at radius 3 is 1.00 bits per heavy atom. The molecule has 0 aliphatic carbocycles. The summed E-state index contributed by atoms with van der Waals surface area (Å²) in [6, 6.07) is 20.4. The number of benzene rings is 2. The Labute approximate surface area is 400 Å². The third-order valence-corrected chi connectivity index (χ3v) is 10.9. The van der Waals surface area contributed by atoms with Crippen molar-refractivity contribution < 1.29 is 39.5 Å². The molecule has 2 aromatic rings. The summed E-state index contributed by atoms with van der Waals surface area (Å²) in [5, 5.41) is 41.0. The van der Waals surface area contributed by atoms with E-state index < -0.39 is 11.9 Å². The molecular weight excluding hydrogens is 866 g/mol. The fourth-order valence-corrected chi connectivity index (χ4v) is 7.06. The molecule has 0 amide bonds. The van der Waals surface area contributed by atoms with Gasteiger partial charge in [-0.05, 0) is 89.2 Å². The van der Waals surface area contributed by atoms with Crippen molar-refractivity contribution in [2.24, 2.45) is 0 Å². The van der Waals surface area contributed by atoms with Crippen molar-refractivity contribution in [3.05, 3.63) is 71.8 Å². The molecule has 332 valence electrons. The summed E-state index contributed by atoms with van der Waals surface area (Å²) >= 11 is 0. The Balaban J connectivity index is 0.00000112. The van der Waals surface area contributed by atoms with Gasteiger partial charge in [0.1, 0.15) is 0 Å². The molecule has 0 aromatic heterocycles. The molecule has 0 bridgehead atoms. The monoisotopic (exact) mass is 949 g/mol. The van der Waals surface area contributed by atoms with Gasteiger partial charge >= 0.3 is 48.9 Å². The first-order chi connectivity index (χ1) is 28.2. The Hall–Kier alpha value is -1.21. The Bertz CT molecular complexity index is 1110. The molecule has 9 heteroatoms. The van der Waals surface area contributed by atoms with Crippen molar-refractivity contribution in [3.8, 4) is 0 Å². The van der Waals surface area contributed by atoms with Gasteiger partial charge in [-0.1, -0.05) is 176 Å². The fraction of sp³-hybridized carbons (Fsp3) is 0.720. The minimum atomic E-state index is -0.930. The molecule has 0 fully saturated rings. The largest absolute Gasteiger partial charge is 2.00 e. The maximum atomic E-state index is 10.3. The van der Waals surface area contributed by atoms with E-state index in [0.717, 1.165) is 89.9 Å². The quantitative estimate of drug-likeness (QED) is 0.0501. The van der Waals surface area contributed by atoms with Crippen LogP contribution in [0.3, 0.4) is 0 Å². The van der Waals surface area contributed by atoms with Gasteiger partial charge in [-0.15, -0.1) is 0 Å². The van der Waals surface area contributed by atoms with Gasteiger partial charge < -0.3 is 39.5 Å². The molecule has 2 aromatic carbocycles. The van der Waals surface area contributed by atoms with Crippen LogP contribution in [0.2, 0.25) is 0 Å². The zero-order valence-electron chi connectivity index (χ0n) is 37.3. The molecular formula is C50H82BaO8. The van der Waals surface area contributed by atoms with Gasteiger partial charge in [0.15, 0.2) is 0 Å². The second kappa shape index (κ2) is 42.1. The van der Waals surface area contributed by atoms with Gasteiger partial charge in [0.25, 0.3) is 0 Å². The zero-order chi connectivity index (χ0) is 42.3. The molecule has 0 aliphatic rings. The smallest absolute Gasteiger partial charge is 0.550 e. The summed E-state index contributed by atoms with van der Waals surface area (Å²) in [6.45, 7) is 5.44. The van der Waals surface area contributed by atoms with Crippen molar-refractivity contribution in [1.82, 2.24) is 0 Å². The van der Waals surface area contributed by atoms with Gasteiger partial charge in [-0.25, -0.2) is 0 Å². The number of hydrogen-bond donors (Lipinski definition) is 2. The SMILES string of the molecule is CC(CCC(O)CCCCCCCCCCCCC(=O)[O-])OCc1ccccc1.CC(CCC(O)CCCCCCCCCCCCC(=O)[O-])OCc1ccccc1.[Ba+2]. The van der Waals surface area contributed by atoms with Crippen LogP contribution in [-0.2, 0) is 32.3 Å². The number of ether oxygens (including phenoxy) is 2. The third-order valence-electron chi connectivity index (χ3n) is 10.9. The van der Waals surface area contributed by atoms with E-state index in [-0.39, 0.29) is 86.1 Å². The van der Waals surface area contributed by atoms with E-state index in [4.69, 9.17) is 9.47 Å². The van der Waals surface area contributed by atoms with E-state index in [1.54, 1.807) is 0 Å². The van der Waals surface area contributed by atoms with E-state index in [1.807, 2.05) is 36.4 Å². The average Bonchev–Trinajstić information content (AvgIpc) is 3.22. The van der Waals surface area contributed by atoms with Gasteiger partial charge in [0.2, 0.25) is 0 Å². The number of carbonyl (C=O) groups is 2. The summed E-state index contributed by atoms with van der Waals surface area (Å²) in [7, 11) is 0. The fourth-order valence-electron chi connectivity index (χ4n) is 7.06. The number of unbranched alkanes of at least 4 members (excludes halogenated alkanes) is 18. The van der Waals surface area contributed by atoms with Gasteiger partial charge in [-0.2, -0.15) is 0 Å². The first kappa shape index (κ1) is 57.8. The molecule has 2 N–H and O–H groups in total. The topological polar surface area (TPSA) is 139 Å². The molecule has 0 heterocycles. The summed E-state index contributed by atoms with van der Waals surface area (Å²) in [6.07, 6.45) is 28.3. The predicted molar refractivity (Wildman–Crippen MR) is 238 cm³/mol. The van der Waals surface area contributed by atoms with E-state index in [0.29, 0.717) is 13.2 Å². The number of aliphatic hydroxyl groups excluding tert-OH is 2. The molecule has 8 nitrogen and oxygen atoms in total. The van der Waals surface area contributed by atoms with E-state index >= 15 is 0 Å². The summed E-state index contributed by atoms with van der Waals surface area (Å²) in [5.41, 5.74) is 2.38. The summed E-state index contributed by atoms with van der Waals surface area (Å²) in [5.74, 6) is -1.86. The van der Waals surface area contributed by atoms with E-state index in [2.05, 4.69) is 38.1 Å². The van der Waals surface area contributed by atoms with Gasteiger partial charge in [0, 0.05) is 11.9 Å². The minimum absolute atomic E-state index is 0. The predicted octanol–water partition coefficient (Wildman–Crippen LogP) is 9.95. The second-order valence-corrected chi connectivity index (χ2v) is 16.6. The van der Waals surface area contributed by atoms with Gasteiger partial charge in [-0.3, -0.25) is 0 Å². The average molecular weight is 949 g/mol. The molecule has 59 heavy (non-hydrogen) atoms. The normalized spacial score (nSPS) is 13.1. The number of aliphatic carboxylic acids is 2. The van der Waals surface area contributed by atoms with Crippen LogP contribution in [0.1, 0.15) is 205 Å². The zero-order valence-corrected chi connectivity index (χ0v) is 41.8. The number of carbonyl (C=O) groups excluding carboxylic acids is 2. The van der Waals surface area contributed by atoms with Crippen LogP contribution >= 0.6 is 0 Å². The first-order valence-corrected chi connectivity index (χ1v) is 23.2. The van der Waals surface area contributed by atoms with Crippen LogP contribution in [-0.4, -0.2) is 95.4 Å². The van der Waals surface area contributed by atoms with Crippen molar-refractivity contribution in [3.63, 3.8) is 0 Å². The number of aliphatic hydroxyl groups is 2. The summed E-state index contributed by atoms with van der Waals surface area (Å²) < 4.78 is 11.7. The standard InChI is InChI=1S/2C25H42O4.Ba/c2*1-22(29-21-23-15-11-10-12-16-23)19-20-24(26)17-13-8-6-4-2-3-5-7-9-14-18-25(27)28;/h2*10-12,15-16,22,24,26H,2-9,13-14,17-21H2,1H3,(H,27,28);/q;;+2/p-2. The molecule has 2 rings (SSSR count). The van der Waals surface area contributed by atoms with Crippen LogP contribution in [0.5, 0.6) is 0 Å². The molecule has 0 spiro atoms. The second-order valence-electron chi connectivity index (χ2n) is 16.6. The molecule has 0 saturated heterocycles. The number of hydrogen-bond acceptors (Lipinski definition) is 8. The van der Waals surface area contributed by atoms with Crippen molar-refractivity contribution in [2.75, 3.05) is 0 Å². The van der Waals surface area contributed by atoms with Crippen LogP contribution < -0.4 is 10.2 Å². The molecule has 4 atom stereocenters. The Morgan fingerprint density at radius 2 is 0.712 bits per heavy atom. The van der Waals surface area contributed by atoms with Crippen molar-refractivity contribution >= 4 is 60.8 Å². The van der Waals surface area contributed by atoms with Crippen molar-refractivity contribution in [1.29, 1.82) is 0 Å². The van der Waals surface area contributed by atoms with Crippen LogP contribution in [0.15, 0.2) is 60.7 Å². The van der Waals surface area contributed by atoms with E-state index in [9.17, 15) is 30.0 Å². The third kappa shape index (κ3) is 40.6. The maximum absolute atomic E-state index is 10.3. The molecule has 0 aliphatic heterocycles. The van der Waals surface area contributed by atoms with E-state index in [1.165, 1.54) is 88.2 Å². The number of carboxylic acid groups (broad SMARTS) is 2. The molecule has 0 radical (unpaired) electrons. The number of rotatable bonds is 38. The molecule has 0 saturated carbocycles. The number of carboxylic acids is 2. The Morgan fingerprint density at radius 1 is 0.441 bits per heavy atom. The van der Waals surface area contributed by atoms with Crippen LogP contribution in [0.4, 0.5) is 0 Å². The van der Waals surface area contributed by atoms with Crippen LogP contribution in [0.25, 0.3) is 0 Å². The maximum Gasteiger partial charge on any atom is 2.00 e. The first-order valence-electron chi connectivity index (χ1n) is 23.2. The van der Waals surface area contributed by atoms with Crippen LogP contribution in [0, 0.1) is 0 Å². The molecule has 4 unspecified atom stereocenters. The summed E-state index contributed by atoms with van der Waals surface area (Å²) in [4.78, 5) is 20.6. The van der Waals surface area contributed by atoms with Gasteiger partial charge in [0.05, 0.1) is 37.6 Å². The van der Waals surface area contributed by atoms with Crippen molar-refractivity contribution in [2.45, 2.75) is 231 Å².